The van der Waals surface area contributed by atoms with Crippen molar-refractivity contribution in [2.75, 3.05) is 29.3 Å². The topological polar surface area (TPSA) is 92.9 Å². The van der Waals surface area contributed by atoms with Crippen molar-refractivity contribution in [1.82, 2.24) is 9.97 Å². The van der Waals surface area contributed by atoms with Crippen LogP contribution in [0.4, 0.5) is 11.6 Å². The Labute approximate surface area is 97.5 Å². The van der Waals surface area contributed by atoms with Crippen molar-refractivity contribution < 1.29 is 4.21 Å². The van der Waals surface area contributed by atoms with E-state index in [0.717, 1.165) is 17.8 Å². The summed E-state index contributed by atoms with van der Waals surface area (Å²) in [6.45, 7) is 2.62. The van der Waals surface area contributed by atoms with Gasteiger partial charge in [0.15, 0.2) is 0 Å². The lowest BCUT2D eigenvalue weighted by Gasteiger charge is -2.11. The Morgan fingerprint density at radius 3 is 2.69 bits per heavy atom. The van der Waals surface area contributed by atoms with E-state index in [4.69, 9.17) is 5.84 Å². The maximum Gasteiger partial charge on any atom is 0.148 e. The number of hydrogen-bond donors (Lipinski definition) is 3. The fraction of sp³-hybridized carbons (Fsp3) is 0.556. The fourth-order valence-corrected chi connectivity index (χ4v) is 1.73. The zero-order valence-electron chi connectivity index (χ0n) is 9.49. The molecule has 1 aromatic heterocycles. The fourth-order valence-electron chi connectivity index (χ4n) is 1.34. The van der Waals surface area contributed by atoms with Crippen LogP contribution in [0.25, 0.3) is 0 Å². The number of anilines is 2. The first-order chi connectivity index (χ1) is 7.69. The van der Waals surface area contributed by atoms with Crippen LogP contribution < -0.4 is 16.6 Å². The number of nitrogens with one attached hydrogen (secondary N) is 2. The molecule has 0 saturated heterocycles. The lowest BCUT2D eigenvalue weighted by molar-refractivity contribution is 0.687. The molecule has 0 radical (unpaired) electrons. The van der Waals surface area contributed by atoms with E-state index in [1.165, 1.54) is 6.33 Å². The van der Waals surface area contributed by atoms with E-state index in [0.29, 0.717) is 18.1 Å². The van der Waals surface area contributed by atoms with E-state index in [9.17, 15) is 4.21 Å². The summed E-state index contributed by atoms with van der Waals surface area (Å²) in [6, 6.07) is 0. The van der Waals surface area contributed by atoms with Crippen molar-refractivity contribution in [3.63, 3.8) is 0 Å². The van der Waals surface area contributed by atoms with Gasteiger partial charge in [-0.05, 0) is 6.42 Å². The van der Waals surface area contributed by atoms with Crippen LogP contribution in [0.1, 0.15) is 12.5 Å². The van der Waals surface area contributed by atoms with E-state index in [1.54, 1.807) is 6.26 Å². The minimum Gasteiger partial charge on any atom is -0.369 e. The first-order valence-corrected chi connectivity index (χ1v) is 6.76. The van der Waals surface area contributed by atoms with Gasteiger partial charge in [-0.2, -0.15) is 0 Å². The van der Waals surface area contributed by atoms with E-state index in [2.05, 4.69) is 20.7 Å². The van der Waals surface area contributed by atoms with Crippen molar-refractivity contribution >= 4 is 22.4 Å². The van der Waals surface area contributed by atoms with E-state index in [-0.39, 0.29) is 0 Å². The molecule has 0 bridgehead atoms. The van der Waals surface area contributed by atoms with Gasteiger partial charge in [-0.1, -0.05) is 6.92 Å². The van der Waals surface area contributed by atoms with Gasteiger partial charge in [0.2, 0.25) is 0 Å². The molecule has 1 unspecified atom stereocenters. The average Bonchev–Trinajstić information content (AvgIpc) is 2.28. The molecular formula is C9H17N5OS. The molecule has 6 nitrogen and oxygen atoms in total. The summed E-state index contributed by atoms with van der Waals surface area (Å²) in [7, 11) is -0.801. The van der Waals surface area contributed by atoms with Gasteiger partial charge in [-0.15, -0.1) is 0 Å². The van der Waals surface area contributed by atoms with Gasteiger partial charge < -0.3 is 10.7 Å². The van der Waals surface area contributed by atoms with Gasteiger partial charge >= 0.3 is 0 Å². The molecule has 4 N–H and O–H groups in total. The summed E-state index contributed by atoms with van der Waals surface area (Å²) in [5.41, 5.74) is 3.47. The Morgan fingerprint density at radius 2 is 2.12 bits per heavy atom. The number of hydrazine groups is 1. The van der Waals surface area contributed by atoms with Crippen LogP contribution in [0.15, 0.2) is 6.33 Å². The summed E-state index contributed by atoms with van der Waals surface area (Å²) in [6.07, 6.45) is 3.90. The Hall–Kier alpha value is -1.21. The van der Waals surface area contributed by atoms with Crippen LogP contribution in [0.5, 0.6) is 0 Å². The third kappa shape index (κ3) is 3.42. The Bertz CT molecular complexity index is 371. The number of rotatable bonds is 6. The molecule has 0 aliphatic heterocycles. The van der Waals surface area contributed by atoms with Crippen molar-refractivity contribution in [3.05, 3.63) is 11.9 Å². The zero-order chi connectivity index (χ0) is 12.0. The molecule has 0 aromatic carbocycles. The number of nitrogens with two attached hydrogens (primary N) is 1. The van der Waals surface area contributed by atoms with Crippen LogP contribution in [-0.2, 0) is 17.2 Å². The highest BCUT2D eigenvalue weighted by Gasteiger charge is 2.08. The highest BCUT2D eigenvalue weighted by molar-refractivity contribution is 7.84. The summed E-state index contributed by atoms with van der Waals surface area (Å²) < 4.78 is 10.9. The van der Waals surface area contributed by atoms with Crippen LogP contribution >= 0.6 is 0 Å². The molecule has 0 fully saturated rings. The number of nitrogens with zero attached hydrogens (tertiary/aromatic N) is 2. The highest BCUT2D eigenvalue weighted by Crippen LogP contribution is 2.18. The monoisotopic (exact) mass is 243 g/mol. The molecule has 0 aliphatic carbocycles. The van der Waals surface area contributed by atoms with E-state index >= 15 is 0 Å². The standard InChI is InChI=1S/C9H17N5OS/c1-3-7-8(11-4-5-16(2)15)12-6-13-9(7)14-10/h6H,3-5,10H2,1-2H3,(H2,11,12,13,14). The van der Waals surface area contributed by atoms with Crippen molar-refractivity contribution in [2.45, 2.75) is 13.3 Å². The average molecular weight is 243 g/mol. The smallest absolute Gasteiger partial charge is 0.148 e. The van der Waals surface area contributed by atoms with Gasteiger partial charge in [-0.3, -0.25) is 4.21 Å². The SMILES string of the molecule is CCc1c(NN)ncnc1NCCS(C)=O. The van der Waals surface area contributed by atoms with Crippen molar-refractivity contribution in [3.8, 4) is 0 Å². The molecule has 16 heavy (non-hydrogen) atoms. The second-order valence-electron chi connectivity index (χ2n) is 3.25. The maximum atomic E-state index is 10.9. The Morgan fingerprint density at radius 1 is 1.44 bits per heavy atom. The molecule has 1 aromatic rings. The van der Waals surface area contributed by atoms with Crippen LogP contribution in [0, 0.1) is 0 Å². The zero-order valence-corrected chi connectivity index (χ0v) is 10.3. The minimum absolute atomic E-state index is 0.596. The minimum atomic E-state index is -0.801. The van der Waals surface area contributed by atoms with Gasteiger partial charge in [0.05, 0.1) is 0 Å². The molecule has 0 aliphatic rings. The second kappa shape index (κ2) is 6.39. The normalized spacial score (nSPS) is 12.2. The van der Waals surface area contributed by atoms with Crippen molar-refractivity contribution in [2.24, 2.45) is 5.84 Å². The molecular weight excluding hydrogens is 226 g/mol. The molecule has 90 valence electrons. The van der Waals surface area contributed by atoms with Gasteiger partial charge in [0, 0.05) is 34.9 Å². The summed E-state index contributed by atoms with van der Waals surface area (Å²) >= 11 is 0. The summed E-state index contributed by atoms with van der Waals surface area (Å²) in [5, 5.41) is 3.13. The molecule has 1 rings (SSSR count). The lowest BCUT2D eigenvalue weighted by atomic mass is 10.2. The Balaban J connectivity index is 2.74. The maximum absolute atomic E-state index is 10.9. The third-order valence-electron chi connectivity index (χ3n) is 2.12. The first kappa shape index (κ1) is 12.9. The molecule has 0 spiro atoms. The predicted octanol–water partition coefficient (Wildman–Crippen LogP) is 0.115. The molecule has 1 heterocycles. The Kier molecular flexibility index (Phi) is 5.13. The number of nitrogen functional groups attached to an aromatic ring is 1. The van der Waals surface area contributed by atoms with Crippen LogP contribution in [0.3, 0.4) is 0 Å². The van der Waals surface area contributed by atoms with Gasteiger partial charge in [-0.25, -0.2) is 15.8 Å². The second-order valence-corrected chi connectivity index (χ2v) is 4.81. The highest BCUT2D eigenvalue weighted by atomic mass is 32.2. The molecule has 0 saturated carbocycles. The third-order valence-corrected chi connectivity index (χ3v) is 2.90. The van der Waals surface area contributed by atoms with E-state index in [1.807, 2.05) is 6.92 Å². The quantitative estimate of drug-likeness (QED) is 0.485. The van der Waals surface area contributed by atoms with Gasteiger partial charge in [0.25, 0.3) is 0 Å². The van der Waals surface area contributed by atoms with Crippen LogP contribution in [-0.4, -0.2) is 32.7 Å². The molecule has 7 heteroatoms. The molecule has 1 atom stereocenters. The number of hydrogen-bond acceptors (Lipinski definition) is 6. The summed E-state index contributed by atoms with van der Waals surface area (Å²) in [5.74, 6) is 7.32. The largest absolute Gasteiger partial charge is 0.369 e. The first-order valence-electron chi connectivity index (χ1n) is 5.03. The summed E-state index contributed by atoms with van der Waals surface area (Å²) in [4.78, 5) is 8.16. The molecule has 0 amide bonds. The van der Waals surface area contributed by atoms with E-state index < -0.39 is 10.8 Å². The lowest BCUT2D eigenvalue weighted by Crippen LogP contribution is -2.16. The van der Waals surface area contributed by atoms with Crippen LogP contribution in [0.2, 0.25) is 0 Å². The van der Waals surface area contributed by atoms with Crippen molar-refractivity contribution in [1.29, 1.82) is 0 Å². The number of aromatic nitrogens is 2. The predicted molar refractivity (Wildman–Crippen MR) is 66.6 cm³/mol. The van der Waals surface area contributed by atoms with Gasteiger partial charge in [0.1, 0.15) is 18.0 Å².